The summed E-state index contributed by atoms with van der Waals surface area (Å²) in [6.07, 6.45) is 0. The molecule has 0 spiro atoms. The lowest BCUT2D eigenvalue weighted by molar-refractivity contribution is 0.0909. The van der Waals surface area contributed by atoms with Gasteiger partial charge in [0.05, 0.1) is 11.5 Å². The normalized spacial score (nSPS) is 12.5. The predicted octanol–water partition coefficient (Wildman–Crippen LogP) is 1.82. The first-order chi connectivity index (χ1) is 6.63. The number of aryl methyl sites for hydroxylation is 1. The number of nitrogens with one attached hydrogen (secondary N) is 1. The van der Waals surface area contributed by atoms with Crippen LogP contribution in [0.5, 0.6) is 0 Å². The van der Waals surface area contributed by atoms with E-state index >= 15 is 0 Å². The van der Waals surface area contributed by atoms with Crippen molar-refractivity contribution >= 4 is 17.2 Å². The summed E-state index contributed by atoms with van der Waals surface area (Å²) in [5, 5.41) is 2.86. The summed E-state index contributed by atoms with van der Waals surface area (Å²) in [5.41, 5.74) is 0. The molecule has 0 bridgehead atoms. The molecular formula is C10H15NO2S. The Morgan fingerprint density at radius 3 is 2.86 bits per heavy atom. The minimum atomic E-state index is -0.0207. The minimum absolute atomic E-state index is 0.0207. The van der Waals surface area contributed by atoms with Crippen LogP contribution in [0.2, 0.25) is 0 Å². The minimum Gasteiger partial charge on any atom is -0.383 e. The molecule has 1 unspecified atom stereocenters. The van der Waals surface area contributed by atoms with E-state index in [0.717, 1.165) is 9.75 Å². The molecule has 0 aliphatic carbocycles. The Kier molecular flexibility index (Phi) is 4.10. The van der Waals surface area contributed by atoms with Crippen LogP contribution >= 0.6 is 11.3 Å². The van der Waals surface area contributed by atoms with E-state index in [1.54, 1.807) is 7.11 Å². The molecule has 1 heterocycles. The second-order valence-corrected chi connectivity index (χ2v) is 4.53. The van der Waals surface area contributed by atoms with Crippen molar-refractivity contribution in [3.63, 3.8) is 0 Å². The number of carbonyl (C=O) groups is 1. The number of hydrogen-bond acceptors (Lipinski definition) is 3. The number of thiophene rings is 1. The lowest BCUT2D eigenvalue weighted by Crippen LogP contribution is -2.35. The Bertz CT molecular complexity index is 309. The van der Waals surface area contributed by atoms with Gasteiger partial charge in [-0.3, -0.25) is 4.79 Å². The smallest absolute Gasteiger partial charge is 0.261 e. The van der Waals surface area contributed by atoms with Gasteiger partial charge in [0.25, 0.3) is 5.91 Å². The van der Waals surface area contributed by atoms with Gasteiger partial charge in [-0.25, -0.2) is 0 Å². The van der Waals surface area contributed by atoms with Crippen molar-refractivity contribution in [2.24, 2.45) is 0 Å². The van der Waals surface area contributed by atoms with E-state index in [-0.39, 0.29) is 11.9 Å². The third kappa shape index (κ3) is 3.12. The zero-order valence-corrected chi connectivity index (χ0v) is 9.48. The maximum absolute atomic E-state index is 11.6. The molecule has 1 atom stereocenters. The summed E-state index contributed by atoms with van der Waals surface area (Å²) in [6, 6.07) is 3.84. The van der Waals surface area contributed by atoms with E-state index in [1.165, 1.54) is 11.3 Å². The maximum Gasteiger partial charge on any atom is 0.261 e. The van der Waals surface area contributed by atoms with Crippen LogP contribution in [0.4, 0.5) is 0 Å². The number of hydrogen-bond donors (Lipinski definition) is 1. The van der Waals surface area contributed by atoms with Crippen LogP contribution in [0, 0.1) is 6.92 Å². The van der Waals surface area contributed by atoms with Crippen molar-refractivity contribution in [2.75, 3.05) is 13.7 Å². The molecule has 1 amide bonds. The Hall–Kier alpha value is -0.870. The van der Waals surface area contributed by atoms with Crippen LogP contribution in [-0.2, 0) is 4.74 Å². The zero-order chi connectivity index (χ0) is 10.6. The average Bonchev–Trinajstić information content (AvgIpc) is 2.52. The van der Waals surface area contributed by atoms with Crippen molar-refractivity contribution in [1.82, 2.24) is 5.32 Å². The van der Waals surface area contributed by atoms with Crippen LogP contribution in [-0.4, -0.2) is 25.7 Å². The number of carbonyl (C=O) groups excluding carboxylic acids is 1. The number of methoxy groups -OCH3 is 1. The summed E-state index contributed by atoms with van der Waals surface area (Å²) in [6.45, 7) is 4.44. The van der Waals surface area contributed by atoms with Gasteiger partial charge in [0.15, 0.2) is 0 Å². The molecule has 0 saturated heterocycles. The SMILES string of the molecule is COCC(C)NC(=O)c1ccc(C)s1. The molecule has 1 aromatic heterocycles. The van der Waals surface area contributed by atoms with Gasteiger partial charge in [0.2, 0.25) is 0 Å². The van der Waals surface area contributed by atoms with E-state index in [4.69, 9.17) is 4.74 Å². The molecule has 78 valence electrons. The number of rotatable bonds is 4. The highest BCUT2D eigenvalue weighted by Crippen LogP contribution is 2.14. The summed E-state index contributed by atoms with van der Waals surface area (Å²) in [5.74, 6) is -0.0207. The standard InChI is InChI=1S/C10H15NO2S/c1-7(6-13-3)11-10(12)9-5-4-8(2)14-9/h4-5,7H,6H2,1-3H3,(H,11,12). The monoisotopic (exact) mass is 213 g/mol. The van der Waals surface area contributed by atoms with Gasteiger partial charge in [0, 0.05) is 18.0 Å². The van der Waals surface area contributed by atoms with Crippen LogP contribution in [0.1, 0.15) is 21.5 Å². The van der Waals surface area contributed by atoms with Gasteiger partial charge >= 0.3 is 0 Å². The van der Waals surface area contributed by atoms with Crippen LogP contribution in [0.3, 0.4) is 0 Å². The van der Waals surface area contributed by atoms with E-state index in [2.05, 4.69) is 5.32 Å². The summed E-state index contributed by atoms with van der Waals surface area (Å²) in [7, 11) is 1.62. The Balaban J connectivity index is 2.50. The second kappa shape index (κ2) is 5.12. The summed E-state index contributed by atoms with van der Waals surface area (Å²) >= 11 is 1.50. The Morgan fingerprint density at radius 2 is 2.36 bits per heavy atom. The fraction of sp³-hybridized carbons (Fsp3) is 0.500. The van der Waals surface area contributed by atoms with Crippen LogP contribution in [0.25, 0.3) is 0 Å². The third-order valence-corrected chi connectivity index (χ3v) is 2.76. The van der Waals surface area contributed by atoms with Gasteiger partial charge in [-0.2, -0.15) is 0 Å². The van der Waals surface area contributed by atoms with E-state index in [0.29, 0.717) is 6.61 Å². The quantitative estimate of drug-likeness (QED) is 0.828. The third-order valence-electron chi connectivity index (χ3n) is 1.76. The van der Waals surface area contributed by atoms with Crippen LogP contribution in [0.15, 0.2) is 12.1 Å². The molecule has 1 rings (SSSR count). The molecular weight excluding hydrogens is 198 g/mol. The van der Waals surface area contributed by atoms with Crippen LogP contribution < -0.4 is 5.32 Å². The summed E-state index contributed by atoms with van der Waals surface area (Å²) in [4.78, 5) is 13.5. The first kappa shape index (κ1) is 11.2. The first-order valence-corrected chi connectivity index (χ1v) is 5.31. The van der Waals surface area contributed by atoms with Gasteiger partial charge in [-0.15, -0.1) is 11.3 Å². The van der Waals surface area contributed by atoms with Gasteiger partial charge in [-0.05, 0) is 26.0 Å². The second-order valence-electron chi connectivity index (χ2n) is 3.24. The van der Waals surface area contributed by atoms with Crippen molar-refractivity contribution in [3.05, 3.63) is 21.9 Å². The highest BCUT2D eigenvalue weighted by Gasteiger charge is 2.10. The molecule has 0 aromatic carbocycles. The van der Waals surface area contributed by atoms with E-state index in [1.807, 2.05) is 26.0 Å². The fourth-order valence-corrected chi connectivity index (χ4v) is 1.91. The fourth-order valence-electron chi connectivity index (χ4n) is 1.14. The summed E-state index contributed by atoms with van der Waals surface area (Å²) < 4.78 is 4.93. The number of amides is 1. The van der Waals surface area contributed by atoms with Crippen molar-refractivity contribution < 1.29 is 9.53 Å². The highest BCUT2D eigenvalue weighted by molar-refractivity contribution is 7.13. The maximum atomic E-state index is 11.6. The molecule has 1 N–H and O–H groups in total. The van der Waals surface area contributed by atoms with Gasteiger partial charge in [-0.1, -0.05) is 0 Å². The molecule has 4 heteroatoms. The Labute approximate surface area is 88.1 Å². The van der Waals surface area contributed by atoms with E-state index < -0.39 is 0 Å². The first-order valence-electron chi connectivity index (χ1n) is 4.49. The topological polar surface area (TPSA) is 38.3 Å². The van der Waals surface area contributed by atoms with Crippen molar-refractivity contribution in [1.29, 1.82) is 0 Å². The van der Waals surface area contributed by atoms with Gasteiger partial charge in [0.1, 0.15) is 0 Å². The molecule has 0 saturated carbocycles. The lowest BCUT2D eigenvalue weighted by atomic mass is 10.3. The average molecular weight is 213 g/mol. The van der Waals surface area contributed by atoms with E-state index in [9.17, 15) is 4.79 Å². The largest absolute Gasteiger partial charge is 0.383 e. The van der Waals surface area contributed by atoms with Crippen molar-refractivity contribution in [3.8, 4) is 0 Å². The molecule has 0 fully saturated rings. The molecule has 0 aliphatic heterocycles. The Morgan fingerprint density at radius 1 is 1.64 bits per heavy atom. The zero-order valence-electron chi connectivity index (χ0n) is 8.66. The molecule has 1 aromatic rings. The van der Waals surface area contributed by atoms with Gasteiger partial charge < -0.3 is 10.1 Å². The predicted molar refractivity (Wildman–Crippen MR) is 57.9 cm³/mol. The molecule has 3 nitrogen and oxygen atoms in total. The van der Waals surface area contributed by atoms with Crippen molar-refractivity contribution in [2.45, 2.75) is 19.9 Å². The number of ether oxygens (including phenoxy) is 1. The molecule has 0 radical (unpaired) electrons. The highest BCUT2D eigenvalue weighted by atomic mass is 32.1. The molecule has 0 aliphatic rings. The lowest BCUT2D eigenvalue weighted by Gasteiger charge is -2.11. The molecule has 14 heavy (non-hydrogen) atoms.